The van der Waals surface area contributed by atoms with Crippen LogP contribution in [0.1, 0.15) is 15.9 Å². The standard InChI is InChI=1S/C15H12FIN2O2/c1-21-14-6-5-10(7-13(14)17)9-18-19-15(20)11-3-2-4-12(16)8-11/h2-9H,1H3,(H,19,20)/b18-9-. The van der Waals surface area contributed by atoms with E-state index in [1.54, 1.807) is 7.11 Å². The third-order valence-electron chi connectivity index (χ3n) is 2.64. The average molecular weight is 398 g/mol. The maximum absolute atomic E-state index is 13.0. The molecular weight excluding hydrogens is 386 g/mol. The zero-order chi connectivity index (χ0) is 15.2. The number of nitrogens with one attached hydrogen (secondary N) is 1. The van der Waals surface area contributed by atoms with Crippen molar-refractivity contribution in [2.75, 3.05) is 7.11 Å². The van der Waals surface area contributed by atoms with Gasteiger partial charge in [0.15, 0.2) is 0 Å². The summed E-state index contributed by atoms with van der Waals surface area (Å²) in [5, 5.41) is 3.85. The largest absolute Gasteiger partial charge is 0.496 e. The van der Waals surface area contributed by atoms with Gasteiger partial charge in [0, 0.05) is 5.56 Å². The fourth-order valence-corrected chi connectivity index (χ4v) is 2.38. The zero-order valence-corrected chi connectivity index (χ0v) is 13.3. The molecule has 2 rings (SSSR count). The van der Waals surface area contributed by atoms with E-state index in [1.807, 2.05) is 18.2 Å². The highest BCUT2D eigenvalue weighted by atomic mass is 127. The van der Waals surface area contributed by atoms with Gasteiger partial charge >= 0.3 is 0 Å². The summed E-state index contributed by atoms with van der Waals surface area (Å²) in [7, 11) is 1.60. The molecule has 0 fully saturated rings. The van der Waals surface area contributed by atoms with Crippen LogP contribution in [0.2, 0.25) is 0 Å². The summed E-state index contributed by atoms with van der Waals surface area (Å²) in [5.74, 6) is -0.151. The number of amides is 1. The molecule has 0 aliphatic rings. The minimum Gasteiger partial charge on any atom is -0.496 e. The maximum atomic E-state index is 13.0. The van der Waals surface area contributed by atoms with E-state index in [9.17, 15) is 9.18 Å². The van der Waals surface area contributed by atoms with E-state index >= 15 is 0 Å². The van der Waals surface area contributed by atoms with E-state index < -0.39 is 11.7 Å². The van der Waals surface area contributed by atoms with E-state index in [0.29, 0.717) is 0 Å². The Hall–Kier alpha value is -1.96. The van der Waals surface area contributed by atoms with E-state index in [4.69, 9.17) is 4.74 Å². The molecule has 0 spiro atoms. The number of halogens is 2. The van der Waals surface area contributed by atoms with Gasteiger partial charge in [-0.05, 0) is 64.6 Å². The second kappa shape index (κ2) is 7.16. The normalized spacial score (nSPS) is 10.6. The van der Waals surface area contributed by atoms with Crippen molar-refractivity contribution >= 4 is 34.7 Å². The molecule has 0 aliphatic heterocycles. The van der Waals surface area contributed by atoms with Crippen molar-refractivity contribution in [2.24, 2.45) is 5.10 Å². The molecule has 0 saturated carbocycles. The number of nitrogens with zero attached hydrogens (tertiary/aromatic N) is 1. The van der Waals surface area contributed by atoms with Crippen LogP contribution in [-0.4, -0.2) is 19.2 Å². The number of carbonyl (C=O) groups is 1. The highest BCUT2D eigenvalue weighted by molar-refractivity contribution is 14.1. The number of hydrogen-bond acceptors (Lipinski definition) is 3. The molecule has 2 aromatic rings. The lowest BCUT2D eigenvalue weighted by atomic mass is 10.2. The smallest absolute Gasteiger partial charge is 0.271 e. The number of rotatable bonds is 4. The van der Waals surface area contributed by atoms with Gasteiger partial charge in [-0.25, -0.2) is 9.82 Å². The van der Waals surface area contributed by atoms with Crippen LogP contribution < -0.4 is 10.2 Å². The Bertz CT molecular complexity index is 689. The third kappa shape index (κ3) is 4.25. The Labute approximate surface area is 135 Å². The molecule has 0 saturated heterocycles. The van der Waals surface area contributed by atoms with E-state index in [2.05, 4.69) is 33.1 Å². The van der Waals surface area contributed by atoms with Gasteiger partial charge in [0.2, 0.25) is 0 Å². The Kier molecular flexibility index (Phi) is 5.26. The van der Waals surface area contributed by atoms with Gasteiger partial charge in [-0.1, -0.05) is 6.07 Å². The molecule has 21 heavy (non-hydrogen) atoms. The quantitative estimate of drug-likeness (QED) is 0.489. The monoisotopic (exact) mass is 398 g/mol. The molecule has 108 valence electrons. The van der Waals surface area contributed by atoms with Gasteiger partial charge in [-0.3, -0.25) is 4.79 Å². The SMILES string of the molecule is COc1ccc(/C=N\NC(=O)c2cccc(F)c2)cc1I. The predicted octanol–water partition coefficient (Wildman–Crippen LogP) is 3.20. The molecule has 1 N–H and O–H groups in total. The summed E-state index contributed by atoms with van der Waals surface area (Å²) in [5.41, 5.74) is 3.39. The van der Waals surface area contributed by atoms with Gasteiger partial charge in [0.05, 0.1) is 16.9 Å². The molecule has 1 amide bonds. The van der Waals surface area contributed by atoms with Crippen LogP contribution in [-0.2, 0) is 0 Å². The maximum Gasteiger partial charge on any atom is 0.271 e. The van der Waals surface area contributed by atoms with E-state index in [1.165, 1.54) is 24.4 Å². The van der Waals surface area contributed by atoms with Crippen LogP contribution in [0.3, 0.4) is 0 Å². The lowest BCUT2D eigenvalue weighted by Crippen LogP contribution is -2.17. The fourth-order valence-electron chi connectivity index (χ4n) is 1.62. The Morgan fingerprint density at radius 3 is 2.81 bits per heavy atom. The lowest BCUT2D eigenvalue weighted by Gasteiger charge is -2.03. The lowest BCUT2D eigenvalue weighted by molar-refractivity contribution is 0.0954. The van der Waals surface area contributed by atoms with E-state index in [-0.39, 0.29) is 5.56 Å². The van der Waals surface area contributed by atoms with Gasteiger partial charge in [0.25, 0.3) is 5.91 Å². The number of hydrazone groups is 1. The zero-order valence-electron chi connectivity index (χ0n) is 11.1. The first-order valence-corrected chi connectivity index (χ1v) is 7.10. The Balaban J connectivity index is 2.02. The summed E-state index contributed by atoms with van der Waals surface area (Å²) >= 11 is 2.15. The summed E-state index contributed by atoms with van der Waals surface area (Å²) in [6, 6.07) is 10.9. The van der Waals surface area contributed by atoms with Crippen LogP contribution in [0.5, 0.6) is 5.75 Å². The molecule has 0 atom stereocenters. The van der Waals surface area contributed by atoms with Crippen LogP contribution in [0.4, 0.5) is 4.39 Å². The van der Waals surface area contributed by atoms with Crippen LogP contribution >= 0.6 is 22.6 Å². The molecule has 4 nitrogen and oxygen atoms in total. The predicted molar refractivity (Wildman–Crippen MR) is 87.2 cm³/mol. The minimum atomic E-state index is -0.464. The van der Waals surface area contributed by atoms with Crippen molar-refractivity contribution in [3.05, 3.63) is 63.0 Å². The molecule has 0 heterocycles. The highest BCUT2D eigenvalue weighted by Gasteiger charge is 2.04. The van der Waals surface area contributed by atoms with Gasteiger partial charge in [-0.15, -0.1) is 0 Å². The Morgan fingerprint density at radius 2 is 2.14 bits per heavy atom. The van der Waals surface area contributed by atoms with Gasteiger partial charge in [0.1, 0.15) is 11.6 Å². The first kappa shape index (κ1) is 15.4. The first-order chi connectivity index (χ1) is 10.1. The van der Waals surface area contributed by atoms with Gasteiger partial charge in [-0.2, -0.15) is 5.10 Å². The van der Waals surface area contributed by atoms with E-state index in [0.717, 1.165) is 20.9 Å². The third-order valence-corrected chi connectivity index (χ3v) is 3.49. The van der Waals surface area contributed by atoms with Crippen LogP contribution in [0.15, 0.2) is 47.6 Å². The molecule has 6 heteroatoms. The summed E-state index contributed by atoms with van der Waals surface area (Å²) in [4.78, 5) is 11.7. The average Bonchev–Trinajstić information content (AvgIpc) is 2.47. The van der Waals surface area contributed by atoms with Crippen LogP contribution in [0.25, 0.3) is 0 Å². The minimum absolute atomic E-state index is 0.219. The molecule has 0 unspecified atom stereocenters. The molecular formula is C15H12FIN2O2. The van der Waals surface area contributed by atoms with Crippen LogP contribution in [0, 0.1) is 9.39 Å². The second-order valence-electron chi connectivity index (χ2n) is 4.10. The highest BCUT2D eigenvalue weighted by Crippen LogP contribution is 2.20. The van der Waals surface area contributed by atoms with Crippen molar-refractivity contribution in [1.82, 2.24) is 5.43 Å². The number of methoxy groups -OCH3 is 1. The van der Waals surface area contributed by atoms with Gasteiger partial charge < -0.3 is 4.74 Å². The van der Waals surface area contributed by atoms with Crippen molar-refractivity contribution in [2.45, 2.75) is 0 Å². The number of carbonyl (C=O) groups excluding carboxylic acids is 1. The molecule has 0 aliphatic carbocycles. The fraction of sp³-hybridized carbons (Fsp3) is 0.0667. The van der Waals surface area contributed by atoms with Crippen molar-refractivity contribution in [1.29, 1.82) is 0 Å². The summed E-state index contributed by atoms with van der Waals surface area (Å²) in [6.07, 6.45) is 1.51. The van der Waals surface area contributed by atoms with Crippen molar-refractivity contribution < 1.29 is 13.9 Å². The summed E-state index contributed by atoms with van der Waals surface area (Å²) in [6.45, 7) is 0. The topological polar surface area (TPSA) is 50.7 Å². The Morgan fingerprint density at radius 1 is 1.33 bits per heavy atom. The number of benzene rings is 2. The summed E-state index contributed by atoms with van der Waals surface area (Å²) < 4.78 is 19.1. The van der Waals surface area contributed by atoms with Crippen molar-refractivity contribution in [3.8, 4) is 5.75 Å². The second-order valence-corrected chi connectivity index (χ2v) is 5.27. The van der Waals surface area contributed by atoms with Crippen molar-refractivity contribution in [3.63, 3.8) is 0 Å². The molecule has 0 radical (unpaired) electrons. The number of hydrogen-bond donors (Lipinski definition) is 1. The number of ether oxygens (including phenoxy) is 1. The first-order valence-electron chi connectivity index (χ1n) is 6.02. The molecule has 2 aromatic carbocycles. The molecule has 0 bridgehead atoms. The molecule has 0 aromatic heterocycles.